The summed E-state index contributed by atoms with van der Waals surface area (Å²) in [7, 11) is 1.93. The van der Waals surface area contributed by atoms with Crippen LogP contribution >= 0.6 is 0 Å². The van der Waals surface area contributed by atoms with Crippen LogP contribution < -0.4 is 14.5 Å². The molecule has 0 unspecified atom stereocenters. The second-order valence-corrected chi connectivity index (χ2v) is 13.2. The van der Waals surface area contributed by atoms with Crippen molar-refractivity contribution in [3.63, 3.8) is 0 Å². The SMILES string of the molecule is [C-]#[N+]C[C@H]1CN(c2nc(OC[C@H](C)N(C)CC3CC(F)(F)C3)nc3c2CCN(c2cncc4cccc(C)c24)C3)CCN1C(=O)C=C. The van der Waals surface area contributed by atoms with Gasteiger partial charge in [0.05, 0.1) is 24.1 Å². The van der Waals surface area contributed by atoms with E-state index < -0.39 is 5.92 Å². The molecule has 2 aliphatic heterocycles. The number of hydrogen-bond donors (Lipinski definition) is 0. The molecule has 0 spiro atoms. The molecule has 6 rings (SSSR count). The number of likely N-dealkylation sites (N-methyl/N-ethyl adjacent to an activating group) is 1. The number of amides is 1. The number of aryl methyl sites for hydroxylation is 1. The minimum absolute atomic E-state index is 0.0164. The van der Waals surface area contributed by atoms with Gasteiger partial charge in [-0.3, -0.25) is 9.78 Å². The number of benzene rings is 1. The van der Waals surface area contributed by atoms with Crippen LogP contribution in [-0.2, 0) is 17.8 Å². The largest absolute Gasteiger partial charge is 0.462 e. The molecule has 2 atom stereocenters. The van der Waals surface area contributed by atoms with Crippen molar-refractivity contribution in [1.82, 2.24) is 24.8 Å². The predicted octanol–water partition coefficient (Wildman–Crippen LogP) is 4.76. The number of pyridine rings is 1. The average Bonchev–Trinajstić information content (AvgIpc) is 3.05. The second-order valence-electron chi connectivity index (χ2n) is 13.2. The first kappa shape index (κ1) is 32.6. The summed E-state index contributed by atoms with van der Waals surface area (Å²) in [5, 5.41) is 2.25. The fourth-order valence-corrected chi connectivity index (χ4v) is 7.10. The van der Waals surface area contributed by atoms with Crippen molar-refractivity contribution < 1.29 is 18.3 Å². The van der Waals surface area contributed by atoms with Crippen molar-refractivity contribution >= 4 is 28.2 Å². The Morgan fingerprint density at radius 3 is 2.79 bits per heavy atom. The van der Waals surface area contributed by atoms with E-state index in [0.29, 0.717) is 45.8 Å². The normalized spacial score (nSPS) is 20.0. The van der Waals surface area contributed by atoms with Crippen molar-refractivity contribution in [2.45, 2.75) is 57.7 Å². The standard InChI is InChI=1S/C35H42F2N8O2/c1-6-31(46)45-13-12-44(20-27(45)17-38-4)33-28-10-11-43(30-18-39-16-26-9-7-8-23(2)32(26)30)21-29(28)40-34(41-33)47-22-24(3)42(5)19-25-14-35(36,37)15-25/h6-9,16,18,24-25,27H,1,10-15,17,19-22H2,2-3,5H3/t24-,27-/m0/s1. The lowest BCUT2D eigenvalue weighted by molar-refractivity contribution is -0.128. The topological polar surface area (TPSA) is 82.3 Å². The average molecular weight is 645 g/mol. The number of carbonyl (C=O) groups is 1. The molecule has 1 amide bonds. The highest BCUT2D eigenvalue weighted by Crippen LogP contribution is 2.42. The van der Waals surface area contributed by atoms with Crippen LogP contribution in [0.3, 0.4) is 0 Å². The summed E-state index contributed by atoms with van der Waals surface area (Å²) in [5.41, 5.74) is 4.14. The van der Waals surface area contributed by atoms with Crippen LogP contribution in [0.4, 0.5) is 20.3 Å². The van der Waals surface area contributed by atoms with E-state index in [4.69, 9.17) is 21.3 Å². The number of rotatable bonds is 10. The molecule has 3 aliphatic rings. The van der Waals surface area contributed by atoms with Crippen molar-refractivity contribution in [3.8, 4) is 6.01 Å². The molecule has 2 aromatic heterocycles. The lowest BCUT2D eigenvalue weighted by Gasteiger charge is -2.41. The number of alkyl halides is 2. The van der Waals surface area contributed by atoms with E-state index in [2.05, 4.69) is 50.2 Å². The van der Waals surface area contributed by atoms with Gasteiger partial charge in [0, 0.05) is 74.1 Å². The molecular formula is C35H42F2N8O2. The lowest BCUT2D eigenvalue weighted by Crippen LogP contribution is -2.56. The fraction of sp³-hybridized carbons (Fsp3) is 0.514. The Kier molecular flexibility index (Phi) is 9.28. The van der Waals surface area contributed by atoms with E-state index in [1.807, 2.05) is 32.4 Å². The number of nitrogens with zero attached hydrogens (tertiary/aromatic N) is 8. The summed E-state index contributed by atoms with van der Waals surface area (Å²) in [6.07, 6.45) is 5.69. The first-order valence-electron chi connectivity index (χ1n) is 16.3. The number of anilines is 2. The molecule has 10 nitrogen and oxygen atoms in total. The molecule has 1 saturated carbocycles. The Morgan fingerprint density at radius 1 is 1.23 bits per heavy atom. The number of fused-ring (bicyclic) bond motifs is 2. The van der Waals surface area contributed by atoms with Gasteiger partial charge in [-0.1, -0.05) is 24.8 Å². The molecular weight excluding hydrogens is 602 g/mol. The number of aromatic nitrogens is 3. The minimum atomic E-state index is -2.54. The van der Waals surface area contributed by atoms with Crippen LogP contribution in [0.5, 0.6) is 6.01 Å². The summed E-state index contributed by atoms with van der Waals surface area (Å²) >= 11 is 0. The van der Waals surface area contributed by atoms with Gasteiger partial charge in [-0.15, -0.1) is 0 Å². The van der Waals surface area contributed by atoms with Gasteiger partial charge in [0.25, 0.3) is 0 Å². The van der Waals surface area contributed by atoms with E-state index in [0.717, 1.165) is 34.7 Å². The van der Waals surface area contributed by atoms with Gasteiger partial charge >= 0.3 is 6.01 Å². The number of halogens is 2. The highest BCUT2D eigenvalue weighted by Gasteiger charge is 2.45. The van der Waals surface area contributed by atoms with Crippen LogP contribution in [0.1, 0.15) is 36.6 Å². The first-order chi connectivity index (χ1) is 22.6. The molecule has 2 fully saturated rings. The maximum atomic E-state index is 13.4. The zero-order chi connectivity index (χ0) is 33.3. The fourth-order valence-electron chi connectivity index (χ4n) is 7.10. The predicted molar refractivity (Wildman–Crippen MR) is 178 cm³/mol. The molecule has 47 heavy (non-hydrogen) atoms. The zero-order valence-corrected chi connectivity index (χ0v) is 27.3. The highest BCUT2D eigenvalue weighted by molar-refractivity contribution is 5.96. The molecule has 3 aromatic rings. The van der Waals surface area contributed by atoms with Crippen LogP contribution in [0, 0.1) is 19.4 Å². The van der Waals surface area contributed by atoms with E-state index in [1.165, 1.54) is 17.0 Å². The van der Waals surface area contributed by atoms with Gasteiger partial charge in [0.2, 0.25) is 18.4 Å². The molecule has 0 radical (unpaired) electrons. The van der Waals surface area contributed by atoms with Crippen LogP contribution in [-0.4, -0.2) is 102 Å². The smallest absolute Gasteiger partial charge is 0.318 e. The van der Waals surface area contributed by atoms with Crippen LogP contribution in [0.2, 0.25) is 0 Å². The van der Waals surface area contributed by atoms with Gasteiger partial charge in [-0.2, -0.15) is 9.97 Å². The molecule has 1 saturated heterocycles. The van der Waals surface area contributed by atoms with Crippen LogP contribution in [0.15, 0.2) is 43.2 Å². The third-order valence-electron chi connectivity index (χ3n) is 9.80. The van der Waals surface area contributed by atoms with E-state index in [-0.39, 0.29) is 49.3 Å². The monoisotopic (exact) mass is 644 g/mol. The third-order valence-corrected chi connectivity index (χ3v) is 9.80. The molecule has 248 valence electrons. The van der Waals surface area contributed by atoms with Crippen molar-refractivity contribution in [2.24, 2.45) is 5.92 Å². The summed E-state index contributed by atoms with van der Waals surface area (Å²) < 4.78 is 33.1. The molecule has 1 aromatic carbocycles. The highest BCUT2D eigenvalue weighted by atomic mass is 19.3. The van der Waals surface area contributed by atoms with Crippen molar-refractivity contribution in [3.05, 3.63) is 71.5 Å². The minimum Gasteiger partial charge on any atom is -0.462 e. The van der Waals surface area contributed by atoms with Gasteiger partial charge in [-0.25, -0.2) is 15.4 Å². The van der Waals surface area contributed by atoms with E-state index in [9.17, 15) is 13.6 Å². The van der Waals surface area contributed by atoms with Gasteiger partial charge in [-0.05, 0) is 44.9 Å². The zero-order valence-electron chi connectivity index (χ0n) is 27.3. The summed E-state index contributed by atoms with van der Waals surface area (Å²) in [4.78, 5) is 38.8. The first-order valence-corrected chi connectivity index (χ1v) is 16.3. The van der Waals surface area contributed by atoms with Gasteiger partial charge in [0.15, 0.2) is 0 Å². The number of ether oxygens (including phenoxy) is 1. The molecule has 12 heteroatoms. The third kappa shape index (κ3) is 6.86. The quantitative estimate of drug-likeness (QED) is 0.231. The van der Waals surface area contributed by atoms with Gasteiger partial charge < -0.3 is 29.2 Å². The maximum absolute atomic E-state index is 13.4. The Morgan fingerprint density at radius 2 is 2.04 bits per heavy atom. The van der Waals surface area contributed by atoms with E-state index in [1.54, 1.807) is 4.90 Å². The Hall–Kier alpha value is -4.37. The lowest BCUT2D eigenvalue weighted by atomic mass is 9.81. The molecule has 0 bridgehead atoms. The van der Waals surface area contributed by atoms with Gasteiger partial charge in [0.1, 0.15) is 18.5 Å². The van der Waals surface area contributed by atoms with E-state index >= 15 is 0 Å². The molecule has 1 aliphatic carbocycles. The molecule has 0 N–H and O–H groups in total. The van der Waals surface area contributed by atoms with Crippen molar-refractivity contribution in [1.29, 1.82) is 0 Å². The van der Waals surface area contributed by atoms with Crippen molar-refractivity contribution in [2.75, 3.05) is 62.7 Å². The Bertz CT molecular complexity index is 1680. The number of hydrogen-bond acceptors (Lipinski definition) is 8. The molecule has 4 heterocycles. The number of piperazine rings is 1. The second kappa shape index (κ2) is 13.4. The summed E-state index contributed by atoms with van der Waals surface area (Å²) in [6.45, 7) is 19.1. The summed E-state index contributed by atoms with van der Waals surface area (Å²) in [6, 6.07) is 6.16. The Balaban J connectivity index is 1.28. The Labute approximate surface area is 274 Å². The number of carbonyl (C=O) groups excluding carboxylic acids is 1. The van der Waals surface area contributed by atoms with Crippen LogP contribution in [0.25, 0.3) is 15.6 Å². The maximum Gasteiger partial charge on any atom is 0.318 e. The summed E-state index contributed by atoms with van der Waals surface area (Å²) in [5.74, 6) is -1.95.